The Kier molecular flexibility index (Phi) is 22.1. The van der Waals surface area contributed by atoms with Crippen molar-refractivity contribution in [3.05, 3.63) is 13.8 Å². The van der Waals surface area contributed by atoms with Gasteiger partial charge in [0.2, 0.25) is 0 Å². The van der Waals surface area contributed by atoms with E-state index in [1.54, 1.807) is 0 Å². The van der Waals surface area contributed by atoms with Gasteiger partial charge in [0.25, 0.3) is 0 Å². The lowest BCUT2D eigenvalue weighted by Crippen LogP contribution is -1.82. The lowest BCUT2D eigenvalue weighted by molar-refractivity contribution is 0.542. The van der Waals surface area contributed by atoms with Crippen molar-refractivity contribution in [3.8, 4) is 11.8 Å². The molecule has 0 spiro atoms. The summed E-state index contributed by atoms with van der Waals surface area (Å²) in [6, 6.07) is 0. The van der Waals surface area contributed by atoms with Crippen molar-refractivity contribution in [2.75, 3.05) is 0 Å². The van der Waals surface area contributed by atoms with Gasteiger partial charge in [0.05, 0.1) is 0 Å². The highest BCUT2D eigenvalue weighted by molar-refractivity contribution is 4.98. The summed E-state index contributed by atoms with van der Waals surface area (Å²) in [7, 11) is 0. The molecule has 24 heavy (non-hydrogen) atoms. The van der Waals surface area contributed by atoms with Crippen LogP contribution < -0.4 is 0 Å². The first-order chi connectivity index (χ1) is 11.9. The highest BCUT2D eigenvalue weighted by Crippen LogP contribution is 2.12. The lowest BCUT2D eigenvalue weighted by Gasteiger charge is -2.02. The van der Waals surface area contributed by atoms with E-state index in [9.17, 15) is 0 Å². The molecule has 0 aliphatic carbocycles. The van der Waals surface area contributed by atoms with Crippen LogP contribution >= 0.6 is 0 Å². The second kappa shape index (κ2) is 22.6. The fourth-order valence-corrected chi connectivity index (χ4v) is 3.08. The van der Waals surface area contributed by atoms with E-state index in [1.165, 1.54) is 103 Å². The molecule has 0 unspecified atom stereocenters. The molecule has 0 saturated heterocycles. The third-order valence-electron chi connectivity index (χ3n) is 4.73. The van der Waals surface area contributed by atoms with Crippen LogP contribution in [0.4, 0.5) is 0 Å². The molecule has 0 amide bonds. The van der Waals surface area contributed by atoms with E-state index < -0.39 is 0 Å². The van der Waals surface area contributed by atoms with E-state index >= 15 is 0 Å². The average molecular weight is 333 g/mol. The molecule has 0 saturated carbocycles. The van der Waals surface area contributed by atoms with Crippen LogP contribution in [-0.2, 0) is 0 Å². The second-order valence-electron chi connectivity index (χ2n) is 7.22. The Morgan fingerprint density at radius 1 is 0.333 bits per heavy atom. The first kappa shape index (κ1) is 23.6. The fourth-order valence-electron chi connectivity index (χ4n) is 3.08. The van der Waals surface area contributed by atoms with Crippen LogP contribution in [0.2, 0.25) is 0 Å². The van der Waals surface area contributed by atoms with Gasteiger partial charge in [-0.2, -0.15) is 0 Å². The highest BCUT2D eigenvalue weighted by Gasteiger charge is 1.93. The van der Waals surface area contributed by atoms with E-state index in [0.717, 1.165) is 25.7 Å². The molecule has 0 aromatic heterocycles. The topological polar surface area (TPSA) is 0 Å². The van der Waals surface area contributed by atoms with E-state index in [1.807, 2.05) is 0 Å². The normalized spacial score (nSPS) is 10.6. The predicted octanol–water partition coefficient (Wildman–Crippen LogP) is 8.46. The van der Waals surface area contributed by atoms with Gasteiger partial charge in [-0.15, -0.1) is 11.8 Å². The maximum absolute atomic E-state index is 3.90. The quantitative estimate of drug-likeness (QED) is 0.174. The molecule has 0 bridgehead atoms. The third-order valence-corrected chi connectivity index (χ3v) is 4.73. The van der Waals surface area contributed by atoms with E-state index in [2.05, 4.69) is 25.7 Å². The standard InChI is InChI=1S/C24H44/c1-3-5-7-9-11-13-15-17-19-21-23-24-22-20-18-16-14-12-10-8-6-4-2/h1-15,17,19-24H2. The van der Waals surface area contributed by atoms with Gasteiger partial charge in [-0.3, -0.25) is 0 Å². The fraction of sp³-hybridized carbons (Fsp3) is 0.833. The summed E-state index contributed by atoms with van der Waals surface area (Å²) in [4.78, 5) is 0. The van der Waals surface area contributed by atoms with Crippen LogP contribution in [-0.4, -0.2) is 0 Å². The van der Waals surface area contributed by atoms with Crippen molar-refractivity contribution in [1.29, 1.82) is 0 Å². The smallest absolute Gasteiger partial charge is 0.00886 e. The first-order valence-electron chi connectivity index (χ1n) is 11.0. The molecule has 140 valence electrons. The Morgan fingerprint density at radius 3 is 0.875 bits per heavy atom. The number of rotatable bonds is 18. The maximum atomic E-state index is 3.90. The van der Waals surface area contributed by atoms with Gasteiger partial charge < -0.3 is 0 Å². The van der Waals surface area contributed by atoms with Gasteiger partial charge in [0, 0.05) is 12.8 Å². The predicted molar refractivity (Wildman–Crippen MR) is 111 cm³/mol. The Bertz CT molecular complexity index is 267. The van der Waals surface area contributed by atoms with Gasteiger partial charge >= 0.3 is 0 Å². The SMILES string of the molecule is [CH2]CCCCCCC#CCCCCCCCCCCCCCC[CH2]. The zero-order valence-electron chi connectivity index (χ0n) is 16.6. The molecule has 0 aliphatic rings. The molecule has 0 fully saturated rings. The summed E-state index contributed by atoms with van der Waals surface area (Å²) < 4.78 is 0. The van der Waals surface area contributed by atoms with Crippen LogP contribution in [0.5, 0.6) is 0 Å². The Labute approximate surface area is 154 Å². The largest absolute Gasteiger partial charge is 0.103 e. The molecule has 0 heteroatoms. The summed E-state index contributed by atoms with van der Waals surface area (Å²) >= 11 is 0. The zero-order chi connectivity index (χ0) is 17.6. The van der Waals surface area contributed by atoms with Crippen LogP contribution in [0.15, 0.2) is 0 Å². The van der Waals surface area contributed by atoms with Gasteiger partial charge in [0.1, 0.15) is 0 Å². The summed E-state index contributed by atoms with van der Waals surface area (Å²) in [5.74, 6) is 6.69. The number of hydrogen-bond donors (Lipinski definition) is 0. The van der Waals surface area contributed by atoms with Gasteiger partial charge in [0.15, 0.2) is 0 Å². The van der Waals surface area contributed by atoms with Crippen molar-refractivity contribution in [1.82, 2.24) is 0 Å². The summed E-state index contributed by atoms with van der Waals surface area (Å²) in [6.07, 6.45) is 26.5. The maximum Gasteiger partial charge on any atom is 0.00886 e. The molecule has 0 atom stereocenters. The minimum atomic E-state index is 1.09. The van der Waals surface area contributed by atoms with Crippen LogP contribution in [0.3, 0.4) is 0 Å². The van der Waals surface area contributed by atoms with Crippen molar-refractivity contribution >= 4 is 0 Å². The molecule has 0 aromatic rings. The molecule has 0 nitrogen and oxygen atoms in total. The summed E-state index contributed by atoms with van der Waals surface area (Å²) in [5.41, 5.74) is 0. The van der Waals surface area contributed by atoms with Crippen molar-refractivity contribution in [2.24, 2.45) is 0 Å². The molecular formula is C24H44. The van der Waals surface area contributed by atoms with E-state index in [4.69, 9.17) is 0 Å². The first-order valence-corrected chi connectivity index (χ1v) is 11.0. The van der Waals surface area contributed by atoms with Crippen LogP contribution in [0.25, 0.3) is 0 Å². The second-order valence-corrected chi connectivity index (χ2v) is 7.22. The monoisotopic (exact) mass is 332 g/mol. The zero-order valence-corrected chi connectivity index (χ0v) is 16.6. The van der Waals surface area contributed by atoms with Crippen LogP contribution in [0.1, 0.15) is 128 Å². The number of hydrogen-bond acceptors (Lipinski definition) is 0. The minimum absolute atomic E-state index is 1.09. The molecule has 0 rings (SSSR count). The average Bonchev–Trinajstić information content (AvgIpc) is 2.60. The summed E-state index contributed by atoms with van der Waals surface area (Å²) in [5, 5.41) is 0. The molecule has 0 N–H and O–H groups in total. The Morgan fingerprint density at radius 2 is 0.583 bits per heavy atom. The van der Waals surface area contributed by atoms with Crippen molar-refractivity contribution in [2.45, 2.75) is 128 Å². The highest BCUT2D eigenvalue weighted by atomic mass is 14.0. The molecule has 0 heterocycles. The van der Waals surface area contributed by atoms with Gasteiger partial charge in [-0.25, -0.2) is 0 Å². The molecular weight excluding hydrogens is 288 g/mol. The van der Waals surface area contributed by atoms with E-state index in [0.29, 0.717) is 0 Å². The summed E-state index contributed by atoms with van der Waals surface area (Å²) in [6.45, 7) is 7.77. The molecule has 2 radical (unpaired) electrons. The van der Waals surface area contributed by atoms with E-state index in [-0.39, 0.29) is 0 Å². The Hall–Kier alpha value is -0.440. The van der Waals surface area contributed by atoms with Gasteiger partial charge in [-0.1, -0.05) is 117 Å². The molecule has 0 aromatic carbocycles. The number of unbranched alkanes of at least 4 members (excludes halogenated alkanes) is 18. The molecule has 0 aliphatic heterocycles. The van der Waals surface area contributed by atoms with Gasteiger partial charge in [-0.05, 0) is 12.8 Å². The van der Waals surface area contributed by atoms with Crippen LogP contribution in [0, 0.1) is 25.7 Å². The Balaban J connectivity index is 3.05. The van der Waals surface area contributed by atoms with Crippen molar-refractivity contribution < 1.29 is 0 Å². The van der Waals surface area contributed by atoms with Crippen molar-refractivity contribution in [3.63, 3.8) is 0 Å². The minimum Gasteiger partial charge on any atom is -0.103 e. The third kappa shape index (κ3) is 21.6. The lowest BCUT2D eigenvalue weighted by atomic mass is 10.0.